The third-order valence-electron chi connectivity index (χ3n) is 3.27. The van der Waals surface area contributed by atoms with Crippen molar-refractivity contribution in [2.24, 2.45) is 0 Å². The molecule has 2 rings (SSSR count). The number of carbonyl (C=O) groups is 1. The molecule has 0 aromatic heterocycles. The molecule has 1 amide bonds. The maximum Gasteiger partial charge on any atom is 0.264 e. The smallest absolute Gasteiger partial charge is 0.264 e. The summed E-state index contributed by atoms with van der Waals surface area (Å²) in [6.45, 7) is 1.67. The van der Waals surface area contributed by atoms with Crippen molar-refractivity contribution in [3.8, 4) is 0 Å². The average Bonchev–Trinajstić information content (AvgIpc) is 2.48. The molecule has 0 aliphatic heterocycles. The van der Waals surface area contributed by atoms with Gasteiger partial charge in [-0.1, -0.05) is 24.3 Å². The minimum Gasteiger partial charge on any atom is -0.359 e. The Balaban J connectivity index is 2.36. The summed E-state index contributed by atoms with van der Waals surface area (Å²) in [5.74, 6) is -1.07. The van der Waals surface area contributed by atoms with Crippen LogP contribution in [0.3, 0.4) is 0 Å². The van der Waals surface area contributed by atoms with Crippen molar-refractivity contribution in [3.63, 3.8) is 0 Å². The van der Waals surface area contributed by atoms with E-state index in [1.54, 1.807) is 25.1 Å². The van der Waals surface area contributed by atoms with E-state index >= 15 is 0 Å². The number of sulfonamides is 1. The highest BCUT2D eigenvalue weighted by Gasteiger charge is 2.20. The van der Waals surface area contributed by atoms with Crippen molar-refractivity contribution in [3.05, 3.63) is 59.4 Å². The Morgan fingerprint density at radius 2 is 1.87 bits per heavy atom. The molecule has 0 aliphatic carbocycles. The van der Waals surface area contributed by atoms with Gasteiger partial charge in [0, 0.05) is 7.05 Å². The minimum absolute atomic E-state index is 0.0194. The number of hydrogen-bond acceptors (Lipinski definition) is 3. The standard InChI is InChI=1S/C16H17FN2O3S/c1-11-7-8-15(13(17)9-11)23(21,22)19-14-6-4-3-5-12(14)10-16(20)18-2/h3-9,19H,10H2,1-2H3,(H,18,20). The minimum atomic E-state index is -4.08. The van der Waals surface area contributed by atoms with E-state index in [9.17, 15) is 17.6 Å². The molecule has 23 heavy (non-hydrogen) atoms. The number of para-hydroxylation sites is 1. The van der Waals surface area contributed by atoms with Gasteiger partial charge in [-0.25, -0.2) is 12.8 Å². The van der Waals surface area contributed by atoms with Gasteiger partial charge in [-0.15, -0.1) is 0 Å². The predicted octanol–water partition coefficient (Wildman–Crippen LogP) is 2.22. The lowest BCUT2D eigenvalue weighted by Gasteiger charge is -2.13. The second-order valence-corrected chi connectivity index (χ2v) is 6.70. The Bertz CT molecular complexity index is 835. The van der Waals surface area contributed by atoms with Gasteiger partial charge in [0.2, 0.25) is 5.91 Å². The van der Waals surface area contributed by atoms with E-state index in [2.05, 4.69) is 10.0 Å². The van der Waals surface area contributed by atoms with E-state index in [1.807, 2.05) is 0 Å². The molecule has 0 unspecified atom stereocenters. The van der Waals surface area contributed by atoms with Crippen LogP contribution >= 0.6 is 0 Å². The number of amides is 1. The van der Waals surface area contributed by atoms with Crippen LogP contribution in [-0.4, -0.2) is 21.4 Å². The van der Waals surface area contributed by atoms with Crippen LogP contribution in [0, 0.1) is 12.7 Å². The normalized spacial score (nSPS) is 11.1. The molecule has 0 fully saturated rings. The molecule has 0 bridgehead atoms. The molecule has 0 radical (unpaired) electrons. The monoisotopic (exact) mass is 336 g/mol. The van der Waals surface area contributed by atoms with Crippen LogP contribution in [0.4, 0.5) is 10.1 Å². The highest BCUT2D eigenvalue weighted by Crippen LogP contribution is 2.22. The number of aryl methyl sites for hydroxylation is 1. The van der Waals surface area contributed by atoms with Crippen molar-refractivity contribution in [1.82, 2.24) is 5.32 Å². The van der Waals surface area contributed by atoms with Crippen LogP contribution in [0.1, 0.15) is 11.1 Å². The lowest BCUT2D eigenvalue weighted by atomic mass is 10.1. The first kappa shape index (κ1) is 17.0. The van der Waals surface area contributed by atoms with Gasteiger partial charge in [-0.2, -0.15) is 0 Å². The third-order valence-corrected chi connectivity index (χ3v) is 4.67. The lowest BCUT2D eigenvalue weighted by Crippen LogP contribution is -2.21. The summed E-state index contributed by atoms with van der Waals surface area (Å²) in [6.07, 6.45) is 0.0194. The van der Waals surface area contributed by atoms with Crippen molar-refractivity contribution in [1.29, 1.82) is 0 Å². The number of halogens is 1. The highest BCUT2D eigenvalue weighted by molar-refractivity contribution is 7.92. The first-order valence-electron chi connectivity index (χ1n) is 6.91. The van der Waals surface area contributed by atoms with E-state index < -0.39 is 20.7 Å². The molecule has 2 aromatic rings. The predicted molar refractivity (Wildman–Crippen MR) is 86.2 cm³/mol. The molecule has 0 heterocycles. The summed E-state index contributed by atoms with van der Waals surface area (Å²) < 4.78 is 41.1. The number of benzene rings is 2. The largest absolute Gasteiger partial charge is 0.359 e. The Morgan fingerprint density at radius 3 is 2.52 bits per heavy atom. The zero-order valence-corrected chi connectivity index (χ0v) is 13.6. The first-order chi connectivity index (χ1) is 10.8. The summed E-state index contributed by atoms with van der Waals surface area (Å²) in [4.78, 5) is 11.1. The fourth-order valence-corrected chi connectivity index (χ4v) is 3.22. The molecule has 0 spiro atoms. The SMILES string of the molecule is CNC(=O)Cc1ccccc1NS(=O)(=O)c1ccc(C)cc1F. The number of anilines is 1. The molecule has 2 aromatic carbocycles. The van der Waals surface area contributed by atoms with Crippen LogP contribution in [0.15, 0.2) is 47.4 Å². The van der Waals surface area contributed by atoms with Gasteiger partial charge in [-0.05, 0) is 36.2 Å². The van der Waals surface area contributed by atoms with Crippen LogP contribution in [0.2, 0.25) is 0 Å². The van der Waals surface area contributed by atoms with Crippen LogP contribution in [-0.2, 0) is 21.2 Å². The summed E-state index contributed by atoms with van der Waals surface area (Å²) in [5.41, 5.74) is 1.38. The van der Waals surface area contributed by atoms with Crippen LogP contribution in [0.25, 0.3) is 0 Å². The zero-order valence-electron chi connectivity index (χ0n) is 12.8. The van der Waals surface area contributed by atoms with Gasteiger partial charge < -0.3 is 5.32 Å². The maximum absolute atomic E-state index is 13.9. The fourth-order valence-electron chi connectivity index (χ4n) is 2.06. The molecule has 122 valence electrons. The molecule has 7 heteroatoms. The van der Waals surface area contributed by atoms with Gasteiger partial charge in [0.1, 0.15) is 10.7 Å². The van der Waals surface area contributed by atoms with E-state index in [1.165, 1.54) is 25.2 Å². The van der Waals surface area contributed by atoms with E-state index in [0.717, 1.165) is 6.07 Å². The van der Waals surface area contributed by atoms with Crippen LogP contribution < -0.4 is 10.0 Å². The second-order valence-electron chi connectivity index (χ2n) is 5.05. The molecule has 2 N–H and O–H groups in total. The molecule has 0 saturated carbocycles. The van der Waals surface area contributed by atoms with Crippen molar-refractivity contribution in [2.75, 3.05) is 11.8 Å². The van der Waals surface area contributed by atoms with Gasteiger partial charge in [0.15, 0.2) is 0 Å². The van der Waals surface area contributed by atoms with Gasteiger partial charge in [0.25, 0.3) is 10.0 Å². The van der Waals surface area contributed by atoms with E-state index in [0.29, 0.717) is 11.1 Å². The number of carbonyl (C=O) groups excluding carboxylic acids is 1. The number of rotatable bonds is 5. The van der Waals surface area contributed by atoms with Crippen LogP contribution in [0.5, 0.6) is 0 Å². The number of nitrogens with one attached hydrogen (secondary N) is 2. The van der Waals surface area contributed by atoms with Gasteiger partial charge >= 0.3 is 0 Å². The van der Waals surface area contributed by atoms with E-state index in [-0.39, 0.29) is 18.0 Å². The molecular weight excluding hydrogens is 319 g/mol. The second kappa shape index (κ2) is 6.78. The fraction of sp³-hybridized carbons (Fsp3) is 0.188. The zero-order chi connectivity index (χ0) is 17.0. The average molecular weight is 336 g/mol. The molecule has 0 aliphatic rings. The molecule has 5 nitrogen and oxygen atoms in total. The Morgan fingerprint density at radius 1 is 1.17 bits per heavy atom. The topological polar surface area (TPSA) is 75.3 Å². The summed E-state index contributed by atoms with van der Waals surface area (Å²) in [7, 11) is -2.59. The highest BCUT2D eigenvalue weighted by atomic mass is 32.2. The Hall–Kier alpha value is -2.41. The van der Waals surface area contributed by atoms with Crippen molar-refractivity contribution < 1.29 is 17.6 Å². The molecular formula is C16H17FN2O3S. The lowest BCUT2D eigenvalue weighted by molar-refractivity contribution is -0.119. The van der Waals surface area contributed by atoms with Gasteiger partial charge in [-0.3, -0.25) is 9.52 Å². The Kier molecular flexibility index (Phi) is 5.00. The Labute approximate surface area is 134 Å². The van der Waals surface area contributed by atoms with Crippen molar-refractivity contribution >= 4 is 21.6 Å². The quantitative estimate of drug-likeness (QED) is 0.879. The van der Waals surface area contributed by atoms with Crippen molar-refractivity contribution in [2.45, 2.75) is 18.2 Å². The summed E-state index contributed by atoms with van der Waals surface area (Å²) in [5, 5.41) is 2.47. The summed E-state index contributed by atoms with van der Waals surface area (Å²) >= 11 is 0. The maximum atomic E-state index is 13.9. The molecule has 0 saturated heterocycles. The number of likely N-dealkylation sites (N-methyl/N-ethyl adjacent to an activating group) is 1. The third kappa shape index (κ3) is 4.07. The van der Waals surface area contributed by atoms with Gasteiger partial charge in [0.05, 0.1) is 12.1 Å². The molecule has 0 atom stereocenters. The van der Waals surface area contributed by atoms with E-state index in [4.69, 9.17) is 0 Å². The first-order valence-corrected chi connectivity index (χ1v) is 8.39. The number of hydrogen-bond donors (Lipinski definition) is 2. The summed E-state index contributed by atoms with van der Waals surface area (Å²) in [6, 6.07) is 10.4.